The molecule has 116 valence electrons. The second-order valence-electron chi connectivity index (χ2n) is 5.87. The van der Waals surface area contributed by atoms with Crippen molar-refractivity contribution in [3.8, 4) is 0 Å². The maximum absolute atomic E-state index is 11.0. The van der Waals surface area contributed by atoms with E-state index in [1.165, 1.54) is 6.42 Å². The minimum absolute atomic E-state index is 0.0176. The summed E-state index contributed by atoms with van der Waals surface area (Å²) in [5.74, 6) is 5.97. The first-order valence-electron chi connectivity index (χ1n) is 7.10. The molecule has 0 aromatic heterocycles. The number of hydrogen-bond acceptors (Lipinski definition) is 6. The number of nitrogens with two attached hydrogens (primary N) is 1. The molecule has 1 atom stereocenters. The fourth-order valence-corrected chi connectivity index (χ4v) is 2.94. The van der Waals surface area contributed by atoms with E-state index < -0.39 is 4.92 Å². The van der Waals surface area contributed by atoms with Crippen molar-refractivity contribution in [1.82, 2.24) is 9.80 Å². The molecule has 0 spiro atoms. The summed E-state index contributed by atoms with van der Waals surface area (Å²) in [6, 6.07) is 5.12. The standard InChI is InChI=1S/C14H23N5O2/c1-17-6-5-12(9-17)10-18(2)8-11-3-4-13(16-15)14(7-11)19(20)21/h3-4,7,12,16H,5-6,8-10,15H2,1-2H3. The molecule has 0 aliphatic carbocycles. The predicted molar refractivity (Wildman–Crippen MR) is 82.8 cm³/mol. The summed E-state index contributed by atoms with van der Waals surface area (Å²) in [6.45, 7) is 3.99. The molecule has 2 rings (SSSR count). The van der Waals surface area contributed by atoms with E-state index in [0.717, 1.165) is 25.2 Å². The molecule has 0 bridgehead atoms. The SMILES string of the molecule is CN1CCC(CN(C)Cc2ccc(NN)c([N+](=O)[O-])c2)C1. The lowest BCUT2D eigenvalue weighted by molar-refractivity contribution is -0.384. The molecular weight excluding hydrogens is 270 g/mol. The van der Waals surface area contributed by atoms with E-state index in [2.05, 4.69) is 29.3 Å². The normalized spacial score (nSPS) is 19.1. The van der Waals surface area contributed by atoms with Gasteiger partial charge in [-0.15, -0.1) is 0 Å². The van der Waals surface area contributed by atoms with Gasteiger partial charge in [0.25, 0.3) is 5.69 Å². The molecule has 1 aromatic carbocycles. The molecule has 0 amide bonds. The highest BCUT2D eigenvalue weighted by molar-refractivity contribution is 5.61. The molecular formula is C14H23N5O2. The van der Waals surface area contributed by atoms with E-state index in [1.807, 2.05) is 6.07 Å². The molecule has 1 saturated heterocycles. The van der Waals surface area contributed by atoms with Crippen LogP contribution in [0.2, 0.25) is 0 Å². The largest absolute Gasteiger partial charge is 0.318 e. The Hall–Kier alpha value is -1.70. The highest BCUT2D eigenvalue weighted by Gasteiger charge is 2.21. The Labute approximate surface area is 124 Å². The van der Waals surface area contributed by atoms with Gasteiger partial charge < -0.3 is 15.2 Å². The Balaban J connectivity index is 1.98. The zero-order valence-corrected chi connectivity index (χ0v) is 12.6. The number of likely N-dealkylation sites (tertiary alicyclic amines) is 1. The number of benzene rings is 1. The second kappa shape index (κ2) is 6.84. The summed E-state index contributed by atoms with van der Waals surface area (Å²) >= 11 is 0. The van der Waals surface area contributed by atoms with Crippen molar-refractivity contribution in [2.45, 2.75) is 13.0 Å². The lowest BCUT2D eigenvalue weighted by atomic mass is 10.1. The maximum Gasteiger partial charge on any atom is 0.293 e. The lowest BCUT2D eigenvalue weighted by Crippen LogP contribution is -2.27. The Morgan fingerprint density at radius 1 is 1.57 bits per heavy atom. The molecule has 0 saturated carbocycles. The van der Waals surface area contributed by atoms with Crippen molar-refractivity contribution >= 4 is 11.4 Å². The second-order valence-corrected chi connectivity index (χ2v) is 5.87. The van der Waals surface area contributed by atoms with Crippen molar-refractivity contribution < 1.29 is 4.92 Å². The Morgan fingerprint density at radius 3 is 2.90 bits per heavy atom. The Kier molecular flexibility index (Phi) is 5.11. The van der Waals surface area contributed by atoms with Gasteiger partial charge in [0.2, 0.25) is 0 Å². The number of nitro groups is 1. The quantitative estimate of drug-likeness (QED) is 0.466. The van der Waals surface area contributed by atoms with Crippen molar-refractivity contribution in [3.63, 3.8) is 0 Å². The summed E-state index contributed by atoms with van der Waals surface area (Å²) in [7, 11) is 4.20. The topological polar surface area (TPSA) is 87.7 Å². The number of rotatable bonds is 6. The molecule has 0 radical (unpaired) electrons. The third-order valence-corrected chi connectivity index (χ3v) is 3.93. The van der Waals surface area contributed by atoms with Crippen LogP contribution in [0, 0.1) is 16.0 Å². The minimum atomic E-state index is -0.412. The van der Waals surface area contributed by atoms with Crippen molar-refractivity contribution in [2.75, 3.05) is 39.2 Å². The van der Waals surface area contributed by atoms with Crippen LogP contribution < -0.4 is 11.3 Å². The van der Waals surface area contributed by atoms with E-state index in [0.29, 0.717) is 18.2 Å². The number of hydrazine groups is 1. The van der Waals surface area contributed by atoms with Crippen molar-refractivity contribution in [2.24, 2.45) is 11.8 Å². The third-order valence-electron chi connectivity index (χ3n) is 3.93. The van der Waals surface area contributed by atoms with E-state index >= 15 is 0 Å². The number of nitrogens with one attached hydrogen (secondary N) is 1. The molecule has 1 aromatic rings. The molecule has 21 heavy (non-hydrogen) atoms. The summed E-state index contributed by atoms with van der Waals surface area (Å²) in [4.78, 5) is 15.2. The number of nitro benzene ring substituents is 1. The summed E-state index contributed by atoms with van der Waals surface area (Å²) < 4.78 is 0. The van der Waals surface area contributed by atoms with Gasteiger partial charge in [-0.1, -0.05) is 6.07 Å². The van der Waals surface area contributed by atoms with Crippen LogP contribution in [0.25, 0.3) is 0 Å². The average Bonchev–Trinajstić information content (AvgIpc) is 2.83. The lowest BCUT2D eigenvalue weighted by Gasteiger charge is -2.21. The van der Waals surface area contributed by atoms with Crippen molar-refractivity contribution in [1.29, 1.82) is 0 Å². The van der Waals surface area contributed by atoms with Gasteiger partial charge in [0.1, 0.15) is 5.69 Å². The number of anilines is 1. The summed E-state index contributed by atoms with van der Waals surface area (Å²) in [6.07, 6.45) is 1.22. The van der Waals surface area contributed by atoms with Gasteiger partial charge in [-0.2, -0.15) is 0 Å². The van der Waals surface area contributed by atoms with Gasteiger partial charge in [-0.05, 0) is 44.6 Å². The van der Waals surface area contributed by atoms with E-state index in [1.54, 1.807) is 12.1 Å². The van der Waals surface area contributed by atoms with Crippen LogP contribution in [0.1, 0.15) is 12.0 Å². The minimum Gasteiger partial charge on any atom is -0.318 e. The molecule has 1 aliphatic rings. The van der Waals surface area contributed by atoms with Gasteiger partial charge in [-0.3, -0.25) is 16.0 Å². The average molecular weight is 293 g/mol. The van der Waals surface area contributed by atoms with Gasteiger partial charge in [0.05, 0.1) is 4.92 Å². The highest BCUT2D eigenvalue weighted by atomic mass is 16.6. The highest BCUT2D eigenvalue weighted by Crippen LogP contribution is 2.25. The van der Waals surface area contributed by atoms with Crippen LogP contribution in [0.15, 0.2) is 18.2 Å². The molecule has 3 N–H and O–H groups in total. The zero-order valence-electron chi connectivity index (χ0n) is 12.6. The van der Waals surface area contributed by atoms with E-state index in [4.69, 9.17) is 5.84 Å². The van der Waals surface area contributed by atoms with Crippen LogP contribution >= 0.6 is 0 Å². The molecule has 1 heterocycles. The van der Waals surface area contributed by atoms with Crippen LogP contribution in [0.4, 0.5) is 11.4 Å². The predicted octanol–water partition coefficient (Wildman–Crippen LogP) is 1.26. The van der Waals surface area contributed by atoms with Gasteiger partial charge in [0.15, 0.2) is 0 Å². The summed E-state index contributed by atoms with van der Waals surface area (Å²) in [5, 5.41) is 11.0. The van der Waals surface area contributed by atoms with Crippen molar-refractivity contribution in [3.05, 3.63) is 33.9 Å². The Bertz CT molecular complexity index is 508. The fourth-order valence-electron chi connectivity index (χ4n) is 2.94. The zero-order chi connectivity index (χ0) is 15.4. The number of nitrogen functional groups attached to an aromatic ring is 1. The maximum atomic E-state index is 11.0. The smallest absolute Gasteiger partial charge is 0.293 e. The molecule has 1 aliphatic heterocycles. The number of hydrogen-bond donors (Lipinski definition) is 2. The van der Waals surface area contributed by atoms with E-state index in [9.17, 15) is 10.1 Å². The number of nitrogens with zero attached hydrogens (tertiary/aromatic N) is 3. The monoisotopic (exact) mass is 293 g/mol. The molecule has 1 unspecified atom stereocenters. The summed E-state index contributed by atoms with van der Waals surface area (Å²) in [5.41, 5.74) is 3.64. The van der Waals surface area contributed by atoms with Crippen LogP contribution in [-0.4, -0.2) is 48.5 Å². The fraction of sp³-hybridized carbons (Fsp3) is 0.571. The van der Waals surface area contributed by atoms with Crippen LogP contribution in [0.3, 0.4) is 0 Å². The first-order valence-corrected chi connectivity index (χ1v) is 7.10. The Morgan fingerprint density at radius 2 is 2.33 bits per heavy atom. The first-order chi connectivity index (χ1) is 9.99. The first kappa shape index (κ1) is 15.7. The molecule has 1 fully saturated rings. The van der Waals surface area contributed by atoms with Gasteiger partial charge in [-0.25, -0.2) is 0 Å². The van der Waals surface area contributed by atoms with E-state index in [-0.39, 0.29) is 5.69 Å². The molecule has 7 nitrogen and oxygen atoms in total. The van der Waals surface area contributed by atoms with Crippen LogP contribution in [-0.2, 0) is 6.54 Å². The molecule has 7 heteroatoms. The van der Waals surface area contributed by atoms with Gasteiger partial charge >= 0.3 is 0 Å². The third kappa shape index (κ3) is 4.13. The van der Waals surface area contributed by atoms with Gasteiger partial charge in [0, 0.05) is 25.7 Å². The van der Waals surface area contributed by atoms with Crippen LogP contribution in [0.5, 0.6) is 0 Å².